The number of nitrogens with two attached hydrogens (primary N) is 1. The summed E-state index contributed by atoms with van der Waals surface area (Å²) in [5.74, 6) is 5.55. The molecule has 0 radical (unpaired) electrons. The van der Waals surface area contributed by atoms with Crippen molar-refractivity contribution >= 4 is 11.6 Å². The number of rotatable bonds is 4. The summed E-state index contributed by atoms with van der Waals surface area (Å²) >= 11 is 0. The maximum Gasteiger partial charge on any atom is 0.257 e. The Morgan fingerprint density at radius 1 is 1.38 bits per heavy atom. The van der Waals surface area contributed by atoms with Gasteiger partial charge in [0.1, 0.15) is 0 Å². The molecule has 1 aliphatic rings. The van der Waals surface area contributed by atoms with Gasteiger partial charge < -0.3 is 10.3 Å². The zero-order valence-corrected chi connectivity index (χ0v) is 13.3. The van der Waals surface area contributed by atoms with Crippen molar-refractivity contribution in [3.63, 3.8) is 0 Å². The van der Waals surface area contributed by atoms with Gasteiger partial charge in [0.05, 0.1) is 11.3 Å². The van der Waals surface area contributed by atoms with Crippen molar-refractivity contribution in [3.8, 4) is 0 Å². The molecule has 1 aliphatic heterocycles. The minimum absolute atomic E-state index is 0.0243. The molecule has 0 bridgehead atoms. The lowest BCUT2D eigenvalue weighted by Gasteiger charge is -2.41. The van der Waals surface area contributed by atoms with Crippen molar-refractivity contribution in [3.05, 3.63) is 23.5 Å². The fraction of sp³-hybridized carbons (Fsp3) is 0.625. The molecule has 0 spiro atoms. The standard InChI is InChI=1S/C16H26N4O/c1-4-16(5-2)6-8-20(9-7-16)15(21)13-11-18-12(3)10-14(13)19-17/h10-11H,4-9,17H2,1-3H3,(H,18,19). The monoisotopic (exact) mass is 290 g/mol. The van der Waals surface area contributed by atoms with Crippen molar-refractivity contribution in [2.75, 3.05) is 18.5 Å². The van der Waals surface area contributed by atoms with Gasteiger partial charge in [-0.3, -0.25) is 15.6 Å². The number of amides is 1. The van der Waals surface area contributed by atoms with E-state index in [-0.39, 0.29) is 5.91 Å². The van der Waals surface area contributed by atoms with Crippen LogP contribution < -0.4 is 11.3 Å². The summed E-state index contributed by atoms with van der Waals surface area (Å²) in [7, 11) is 0. The van der Waals surface area contributed by atoms with E-state index in [0.29, 0.717) is 16.7 Å². The third-order valence-corrected chi connectivity index (χ3v) is 5.04. The van der Waals surface area contributed by atoms with Gasteiger partial charge in [-0.05, 0) is 31.2 Å². The summed E-state index contributed by atoms with van der Waals surface area (Å²) < 4.78 is 0. The van der Waals surface area contributed by atoms with E-state index < -0.39 is 0 Å². The summed E-state index contributed by atoms with van der Waals surface area (Å²) in [4.78, 5) is 18.8. The first-order chi connectivity index (χ1) is 10.0. The van der Waals surface area contributed by atoms with Gasteiger partial charge in [-0.1, -0.05) is 26.7 Å². The number of hydrazine groups is 1. The lowest BCUT2D eigenvalue weighted by atomic mass is 9.74. The number of nitrogen functional groups attached to an aromatic ring is 1. The molecule has 116 valence electrons. The molecule has 5 nitrogen and oxygen atoms in total. The van der Waals surface area contributed by atoms with Gasteiger partial charge in [0.15, 0.2) is 0 Å². The van der Waals surface area contributed by atoms with Crippen molar-refractivity contribution in [2.24, 2.45) is 11.3 Å². The number of piperidine rings is 1. The van der Waals surface area contributed by atoms with Crippen LogP contribution in [0.2, 0.25) is 0 Å². The highest BCUT2D eigenvalue weighted by molar-refractivity contribution is 5.99. The van der Waals surface area contributed by atoms with Crippen LogP contribution in [0.25, 0.3) is 0 Å². The molecule has 21 heavy (non-hydrogen) atoms. The summed E-state index contributed by atoms with van der Waals surface area (Å²) in [6, 6.07) is 1.81. The van der Waals surface area contributed by atoms with Crippen molar-refractivity contribution < 1.29 is 4.79 Å². The quantitative estimate of drug-likeness (QED) is 0.660. The molecule has 3 N–H and O–H groups in total. The number of anilines is 1. The van der Waals surface area contributed by atoms with Crippen LogP contribution >= 0.6 is 0 Å². The molecule has 1 amide bonds. The minimum Gasteiger partial charge on any atom is -0.338 e. The van der Waals surface area contributed by atoms with Crippen LogP contribution in [0.3, 0.4) is 0 Å². The Hall–Kier alpha value is -1.62. The molecule has 0 saturated carbocycles. The molecule has 1 saturated heterocycles. The van der Waals surface area contributed by atoms with Crippen LogP contribution in [0.4, 0.5) is 5.69 Å². The predicted octanol–water partition coefficient (Wildman–Crippen LogP) is 2.72. The molecule has 1 aromatic heterocycles. The van der Waals surface area contributed by atoms with Crippen LogP contribution in [-0.4, -0.2) is 28.9 Å². The van der Waals surface area contributed by atoms with Crippen LogP contribution in [0, 0.1) is 12.3 Å². The minimum atomic E-state index is 0.0243. The Balaban J connectivity index is 2.12. The third-order valence-electron chi connectivity index (χ3n) is 5.04. The first kappa shape index (κ1) is 15.8. The Labute approximate surface area is 126 Å². The van der Waals surface area contributed by atoms with Gasteiger partial charge in [-0.15, -0.1) is 0 Å². The number of aromatic nitrogens is 1. The summed E-state index contributed by atoms with van der Waals surface area (Å²) in [5.41, 5.74) is 5.07. The highest BCUT2D eigenvalue weighted by Gasteiger charge is 2.33. The molecule has 0 aliphatic carbocycles. The van der Waals surface area contributed by atoms with Gasteiger partial charge in [-0.2, -0.15) is 0 Å². The number of hydrogen-bond acceptors (Lipinski definition) is 4. The number of aryl methyl sites for hydroxylation is 1. The molecule has 1 fully saturated rings. The third kappa shape index (κ3) is 3.18. The number of carbonyl (C=O) groups excluding carboxylic acids is 1. The smallest absolute Gasteiger partial charge is 0.257 e. The lowest BCUT2D eigenvalue weighted by Crippen LogP contribution is -2.43. The van der Waals surface area contributed by atoms with Gasteiger partial charge in [-0.25, -0.2) is 0 Å². The Bertz CT molecular complexity index is 501. The van der Waals surface area contributed by atoms with Crippen LogP contribution in [0.15, 0.2) is 12.3 Å². The second-order valence-corrected chi connectivity index (χ2v) is 6.01. The van der Waals surface area contributed by atoms with Crippen LogP contribution in [0.1, 0.15) is 55.6 Å². The highest BCUT2D eigenvalue weighted by atomic mass is 16.2. The fourth-order valence-corrected chi connectivity index (χ4v) is 3.16. The van der Waals surface area contributed by atoms with E-state index in [1.807, 2.05) is 11.8 Å². The average Bonchev–Trinajstić information content (AvgIpc) is 2.54. The molecule has 2 heterocycles. The topological polar surface area (TPSA) is 71.2 Å². The van der Waals surface area contributed by atoms with Crippen LogP contribution in [-0.2, 0) is 0 Å². The molecular weight excluding hydrogens is 264 g/mol. The summed E-state index contributed by atoms with van der Waals surface area (Å²) in [6.45, 7) is 8.02. The molecular formula is C16H26N4O. The van der Waals surface area contributed by atoms with E-state index in [2.05, 4.69) is 24.3 Å². The number of carbonyl (C=O) groups is 1. The van der Waals surface area contributed by atoms with Crippen LogP contribution in [0.5, 0.6) is 0 Å². The maximum atomic E-state index is 12.7. The summed E-state index contributed by atoms with van der Waals surface area (Å²) in [5, 5.41) is 0. The Kier molecular flexibility index (Phi) is 4.83. The second kappa shape index (κ2) is 6.43. The highest BCUT2D eigenvalue weighted by Crippen LogP contribution is 2.38. The predicted molar refractivity (Wildman–Crippen MR) is 84.9 cm³/mol. The molecule has 0 atom stereocenters. The fourth-order valence-electron chi connectivity index (χ4n) is 3.16. The SMILES string of the molecule is CCC1(CC)CCN(C(=O)c2cnc(C)cc2NN)CC1. The largest absolute Gasteiger partial charge is 0.338 e. The van der Waals surface area contributed by atoms with E-state index >= 15 is 0 Å². The van der Waals surface area contributed by atoms with Crippen molar-refractivity contribution in [1.82, 2.24) is 9.88 Å². The average molecular weight is 290 g/mol. The lowest BCUT2D eigenvalue weighted by molar-refractivity contribution is 0.0558. The van der Waals surface area contributed by atoms with E-state index in [0.717, 1.165) is 31.6 Å². The van der Waals surface area contributed by atoms with Gasteiger partial charge >= 0.3 is 0 Å². The molecule has 2 rings (SSSR count). The maximum absolute atomic E-state index is 12.7. The molecule has 1 aromatic rings. The van der Waals surface area contributed by atoms with Crippen molar-refractivity contribution in [2.45, 2.75) is 46.5 Å². The summed E-state index contributed by atoms with van der Waals surface area (Å²) in [6.07, 6.45) is 6.15. The normalized spacial score (nSPS) is 17.6. The number of nitrogens with zero attached hydrogens (tertiary/aromatic N) is 2. The van der Waals surface area contributed by atoms with Gasteiger partial charge in [0.25, 0.3) is 5.91 Å². The number of hydrogen-bond donors (Lipinski definition) is 2. The number of likely N-dealkylation sites (tertiary alicyclic amines) is 1. The van der Waals surface area contributed by atoms with Crippen molar-refractivity contribution in [1.29, 1.82) is 0 Å². The zero-order valence-electron chi connectivity index (χ0n) is 13.3. The molecule has 5 heteroatoms. The van der Waals surface area contributed by atoms with Gasteiger partial charge in [0, 0.05) is 25.0 Å². The second-order valence-electron chi connectivity index (χ2n) is 6.01. The molecule has 0 unspecified atom stereocenters. The first-order valence-electron chi connectivity index (χ1n) is 7.78. The van der Waals surface area contributed by atoms with Gasteiger partial charge in [0.2, 0.25) is 0 Å². The Morgan fingerprint density at radius 2 is 2.00 bits per heavy atom. The van der Waals surface area contributed by atoms with E-state index in [4.69, 9.17) is 5.84 Å². The number of nitrogens with one attached hydrogen (secondary N) is 1. The number of pyridine rings is 1. The molecule has 0 aromatic carbocycles. The Morgan fingerprint density at radius 3 is 2.52 bits per heavy atom. The van der Waals surface area contributed by atoms with E-state index in [1.165, 1.54) is 12.8 Å². The van der Waals surface area contributed by atoms with E-state index in [9.17, 15) is 4.79 Å². The zero-order chi connectivity index (χ0) is 15.5. The van der Waals surface area contributed by atoms with E-state index in [1.54, 1.807) is 12.3 Å². The first-order valence-corrected chi connectivity index (χ1v) is 7.78.